The molecule has 0 nitrogen and oxygen atoms in total. The molecule has 0 amide bonds. The number of hydrogen-bond acceptors (Lipinski definition) is 0. The molecule has 3 aliphatic rings. The summed E-state index contributed by atoms with van der Waals surface area (Å²) in [5.41, 5.74) is 0.578. The van der Waals surface area contributed by atoms with Crippen LogP contribution in [-0.2, 0) is 0 Å². The van der Waals surface area contributed by atoms with E-state index >= 15 is 0 Å². The van der Waals surface area contributed by atoms with Gasteiger partial charge in [-0.3, -0.25) is 0 Å². The summed E-state index contributed by atoms with van der Waals surface area (Å²) in [6.45, 7) is 0. The van der Waals surface area contributed by atoms with Crippen LogP contribution >= 0.6 is 11.6 Å². The Labute approximate surface area is 105 Å². The Hall–Kier alpha value is 0.290. The van der Waals surface area contributed by atoms with Crippen LogP contribution in [0, 0.1) is 23.2 Å². The zero-order chi connectivity index (χ0) is 11.0. The topological polar surface area (TPSA) is 0 Å². The lowest BCUT2D eigenvalue weighted by Gasteiger charge is -2.43. The van der Waals surface area contributed by atoms with Crippen LogP contribution in [0.5, 0.6) is 0 Å². The number of fused-ring (bicyclic) bond motifs is 2. The van der Waals surface area contributed by atoms with Crippen molar-refractivity contribution in [1.82, 2.24) is 0 Å². The van der Waals surface area contributed by atoms with Gasteiger partial charge in [0.2, 0.25) is 0 Å². The van der Waals surface area contributed by atoms with Gasteiger partial charge in [0.05, 0.1) is 0 Å². The van der Waals surface area contributed by atoms with Gasteiger partial charge in [-0.05, 0) is 55.3 Å². The monoisotopic (exact) mass is 240 g/mol. The first-order valence-corrected chi connectivity index (χ1v) is 7.94. The number of halogens is 1. The van der Waals surface area contributed by atoms with Crippen molar-refractivity contribution in [3.05, 3.63) is 0 Å². The van der Waals surface area contributed by atoms with Gasteiger partial charge in [-0.15, -0.1) is 11.6 Å². The molecule has 3 aliphatic carbocycles. The van der Waals surface area contributed by atoms with Crippen molar-refractivity contribution >= 4 is 11.6 Å². The van der Waals surface area contributed by atoms with E-state index in [2.05, 4.69) is 0 Å². The Balaban J connectivity index is 1.78. The predicted octanol–water partition coefficient (Wildman–Crippen LogP) is 5.00. The van der Waals surface area contributed by atoms with Crippen LogP contribution in [0.4, 0.5) is 0 Å². The van der Waals surface area contributed by atoms with E-state index in [0.717, 1.165) is 23.6 Å². The van der Waals surface area contributed by atoms with Crippen molar-refractivity contribution in [3.63, 3.8) is 0 Å². The fourth-order valence-corrected chi connectivity index (χ4v) is 5.66. The first-order chi connectivity index (χ1) is 7.85. The molecule has 1 heteroatoms. The van der Waals surface area contributed by atoms with Crippen LogP contribution in [-0.4, -0.2) is 5.88 Å². The number of hydrogen-bond donors (Lipinski definition) is 0. The highest BCUT2D eigenvalue weighted by atomic mass is 35.5. The van der Waals surface area contributed by atoms with Gasteiger partial charge in [-0.1, -0.05) is 32.1 Å². The quantitative estimate of drug-likeness (QED) is 0.471. The summed E-state index contributed by atoms with van der Waals surface area (Å²) in [6.07, 6.45) is 14.9. The van der Waals surface area contributed by atoms with Gasteiger partial charge in [0, 0.05) is 5.88 Å². The molecular weight excluding hydrogens is 216 g/mol. The van der Waals surface area contributed by atoms with Gasteiger partial charge >= 0.3 is 0 Å². The lowest BCUT2D eigenvalue weighted by atomic mass is 9.64. The molecule has 3 atom stereocenters. The van der Waals surface area contributed by atoms with Gasteiger partial charge in [-0.2, -0.15) is 0 Å². The minimum absolute atomic E-state index is 0.578. The maximum absolute atomic E-state index is 6.45. The summed E-state index contributed by atoms with van der Waals surface area (Å²) in [5.74, 6) is 3.98. The summed E-state index contributed by atoms with van der Waals surface area (Å²) in [7, 11) is 0. The predicted molar refractivity (Wildman–Crippen MR) is 69.8 cm³/mol. The molecule has 3 saturated carbocycles. The Morgan fingerprint density at radius 1 is 0.875 bits per heavy atom. The summed E-state index contributed by atoms with van der Waals surface area (Å²) in [5, 5.41) is 0. The van der Waals surface area contributed by atoms with Crippen molar-refractivity contribution in [1.29, 1.82) is 0 Å². The van der Waals surface area contributed by atoms with Gasteiger partial charge in [0.15, 0.2) is 0 Å². The largest absolute Gasteiger partial charge is 0.126 e. The van der Waals surface area contributed by atoms with Gasteiger partial charge in [-0.25, -0.2) is 0 Å². The SMILES string of the molecule is ClCC1(C2CCCCCC2)CC2CCC1C2. The van der Waals surface area contributed by atoms with Crippen molar-refractivity contribution in [2.45, 2.75) is 64.2 Å². The third kappa shape index (κ3) is 1.72. The average Bonchev–Trinajstić information content (AvgIpc) is 2.80. The first kappa shape index (κ1) is 11.4. The second-order valence-electron chi connectivity index (χ2n) is 6.64. The molecule has 0 aliphatic heterocycles. The highest BCUT2D eigenvalue weighted by molar-refractivity contribution is 6.18. The van der Waals surface area contributed by atoms with Gasteiger partial charge in [0.1, 0.15) is 0 Å². The van der Waals surface area contributed by atoms with E-state index in [1.165, 1.54) is 64.2 Å². The minimum atomic E-state index is 0.578. The van der Waals surface area contributed by atoms with E-state index < -0.39 is 0 Å². The van der Waals surface area contributed by atoms with Gasteiger partial charge in [0.25, 0.3) is 0 Å². The average molecular weight is 241 g/mol. The maximum Gasteiger partial charge on any atom is 0.0285 e. The molecule has 0 saturated heterocycles. The van der Waals surface area contributed by atoms with Crippen LogP contribution in [0.25, 0.3) is 0 Å². The van der Waals surface area contributed by atoms with Crippen LogP contribution < -0.4 is 0 Å². The standard InChI is InChI=1S/C15H25Cl/c16-11-15(10-12-7-8-14(15)9-12)13-5-3-1-2-4-6-13/h12-14H,1-11H2. The summed E-state index contributed by atoms with van der Waals surface area (Å²) >= 11 is 6.45. The molecule has 3 unspecified atom stereocenters. The highest BCUT2D eigenvalue weighted by Gasteiger charge is 2.53. The minimum Gasteiger partial charge on any atom is -0.126 e. The molecule has 0 aromatic carbocycles. The molecule has 92 valence electrons. The molecule has 0 radical (unpaired) electrons. The lowest BCUT2D eigenvalue weighted by Crippen LogP contribution is -2.37. The van der Waals surface area contributed by atoms with E-state index in [0.29, 0.717) is 5.41 Å². The zero-order valence-corrected chi connectivity index (χ0v) is 11.1. The van der Waals surface area contributed by atoms with Crippen LogP contribution in [0.1, 0.15) is 64.2 Å². The fraction of sp³-hybridized carbons (Fsp3) is 1.00. The summed E-state index contributed by atoms with van der Waals surface area (Å²) < 4.78 is 0. The molecule has 3 fully saturated rings. The van der Waals surface area contributed by atoms with Crippen LogP contribution in [0.2, 0.25) is 0 Å². The number of rotatable bonds is 2. The Morgan fingerprint density at radius 2 is 1.62 bits per heavy atom. The third-order valence-electron chi connectivity index (χ3n) is 5.94. The molecule has 3 rings (SSSR count). The summed E-state index contributed by atoms with van der Waals surface area (Å²) in [4.78, 5) is 0. The molecule has 0 N–H and O–H groups in total. The van der Waals surface area contributed by atoms with Crippen LogP contribution in [0.3, 0.4) is 0 Å². The molecule has 2 bridgehead atoms. The Bertz CT molecular complexity index is 242. The summed E-state index contributed by atoms with van der Waals surface area (Å²) in [6, 6.07) is 0. The zero-order valence-electron chi connectivity index (χ0n) is 10.4. The second-order valence-corrected chi connectivity index (χ2v) is 6.90. The lowest BCUT2D eigenvalue weighted by molar-refractivity contribution is 0.0886. The van der Waals surface area contributed by atoms with E-state index in [1.54, 1.807) is 0 Å². The molecule has 0 heterocycles. The third-order valence-corrected chi connectivity index (χ3v) is 6.44. The van der Waals surface area contributed by atoms with E-state index in [9.17, 15) is 0 Å². The molecular formula is C15H25Cl. The van der Waals surface area contributed by atoms with Gasteiger partial charge < -0.3 is 0 Å². The van der Waals surface area contributed by atoms with Crippen LogP contribution in [0.15, 0.2) is 0 Å². The normalized spacial score (nSPS) is 44.8. The first-order valence-electron chi connectivity index (χ1n) is 7.41. The smallest absolute Gasteiger partial charge is 0.0285 e. The van der Waals surface area contributed by atoms with Crippen molar-refractivity contribution in [2.75, 3.05) is 5.88 Å². The van der Waals surface area contributed by atoms with Crippen molar-refractivity contribution in [2.24, 2.45) is 23.2 Å². The van der Waals surface area contributed by atoms with E-state index in [1.807, 2.05) is 0 Å². The Morgan fingerprint density at radius 3 is 2.12 bits per heavy atom. The van der Waals surface area contributed by atoms with E-state index in [-0.39, 0.29) is 0 Å². The second kappa shape index (κ2) is 4.52. The van der Waals surface area contributed by atoms with Crippen molar-refractivity contribution < 1.29 is 0 Å². The van der Waals surface area contributed by atoms with E-state index in [4.69, 9.17) is 11.6 Å². The van der Waals surface area contributed by atoms with Crippen molar-refractivity contribution in [3.8, 4) is 0 Å². The number of alkyl halides is 1. The fourth-order valence-electron chi connectivity index (χ4n) is 5.11. The molecule has 16 heavy (non-hydrogen) atoms. The Kier molecular flexibility index (Phi) is 3.21. The molecule has 0 aromatic heterocycles. The molecule has 0 aromatic rings. The molecule has 0 spiro atoms. The highest BCUT2D eigenvalue weighted by Crippen LogP contribution is 2.61. The maximum atomic E-state index is 6.45.